The fraction of sp³-hybridized carbons (Fsp3) is 0.708. The van der Waals surface area contributed by atoms with Gasteiger partial charge in [0.25, 0.3) is 0 Å². The maximum absolute atomic E-state index is 16.0. The number of nitrogen functional groups attached to an aromatic ring is 2. The van der Waals surface area contributed by atoms with Gasteiger partial charge in [0.15, 0.2) is 51.7 Å². The smallest absolute Gasteiger partial charge is 0.409 e. The molecule has 0 aromatic carbocycles. The number of aliphatic hydroxyl groups excluding tert-OH is 3. The van der Waals surface area contributed by atoms with Crippen molar-refractivity contribution in [3.8, 4) is 11.8 Å². The number of anilines is 2. The van der Waals surface area contributed by atoms with Gasteiger partial charge in [0, 0.05) is 11.5 Å². The quantitative estimate of drug-likeness (QED) is 0.0165. The topological polar surface area (TPSA) is 416 Å². The normalized spacial score (nSPS) is 24.0. The monoisotopic (exact) mass is 1280 g/mol. The molecule has 6 heterocycles. The molecule has 30 nitrogen and oxygen atoms in total. The van der Waals surface area contributed by atoms with Crippen molar-refractivity contribution in [3.05, 3.63) is 12.7 Å². The van der Waals surface area contributed by atoms with Crippen LogP contribution in [0, 0.1) is 0 Å². The largest absolute Gasteiger partial charge is 0.476 e. The molecule has 0 spiro atoms. The first-order valence-electron chi connectivity index (χ1n) is 26.3. The fourth-order valence-corrected chi connectivity index (χ4v) is 9.94. The van der Waals surface area contributed by atoms with Crippen molar-refractivity contribution in [1.29, 1.82) is 0 Å². The van der Waals surface area contributed by atoms with Crippen LogP contribution in [0.1, 0.15) is 109 Å². The van der Waals surface area contributed by atoms with Crippen LogP contribution in [0.3, 0.4) is 0 Å². The van der Waals surface area contributed by atoms with Gasteiger partial charge >= 0.3 is 30.3 Å². The number of ether oxygens (including phenoxy) is 8. The van der Waals surface area contributed by atoms with Gasteiger partial charge in [-0.3, -0.25) is 27.8 Å². The van der Waals surface area contributed by atoms with Gasteiger partial charge in [-0.15, -0.1) is 0 Å². The number of nitrogens with zero attached hydrogens (tertiary/aromatic N) is 8. The van der Waals surface area contributed by atoms with Crippen molar-refractivity contribution in [2.75, 3.05) is 49.4 Å². The van der Waals surface area contributed by atoms with Crippen molar-refractivity contribution < 1.29 is 94.8 Å². The molecule has 0 bridgehead atoms. The summed E-state index contributed by atoms with van der Waals surface area (Å²) in [6, 6.07) is -1.70. The first kappa shape index (κ1) is 73.2. The van der Waals surface area contributed by atoms with Gasteiger partial charge in [-0.25, -0.2) is 38.0 Å². The molecule has 0 amide bonds. The summed E-state index contributed by atoms with van der Waals surface area (Å²) in [4.78, 5) is 69.9. The molecule has 4 aromatic rings. The van der Waals surface area contributed by atoms with E-state index in [0.717, 1.165) is 36.2 Å². The number of aliphatic hydroxyl groups is 3. The molecule has 2 fully saturated rings. The summed E-state index contributed by atoms with van der Waals surface area (Å²) < 4.78 is 99.8. The minimum Gasteiger partial charge on any atom is -0.476 e. The molecule has 2 saturated heterocycles. The number of nitrogens with two attached hydrogens (primary N) is 3. The molecule has 2 aliphatic rings. The lowest BCUT2D eigenvalue weighted by Gasteiger charge is -2.27. The minimum atomic E-state index is -4.49. The number of alkyl halides is 3. The average molecular weight is 1280 g/mol. The van der Waals surface area contributed by atoms with Crippen LogP contribution < -0.4 is 31.8 Å². The number of aromatic nitrogens is 8. The number of carbonyl (C=O) groups is 4. The van der Waals surface area contributed by atoms with Crippen LogP contribution in [0.15, 0.2) is 12.7 Å². The molecule has 36 heteroatoms. The molecule has 10 N–H and O–H groups in total. The predicted octanol–water partition coefficient (Wildman–Crippen LogP) is 5.63. The number of hydrogen-bond acceptors (Lipinski definition) is 29. The van der Waals surface area contributed by atoms with Crippen molar-refractivity contribution in [1.82, 2.24) is 44.1 Å². The standard InChI is InChI=1S/C24H38FN6O10PS.C13H18FN5O4.C6H13NO2.C5H9ClO2S/c1-8-36-19-16-18(28-22(26)29-19)31(11-27-16)21-24(7,25)17(32)15(40-21)10-37-42(35,30-13(5)20(33)38-12(3)4)41-14(6)39-23(34)43-9-2;1-3-22-10-7-9(17-12(15)18-10)19(5-16-7)11-13(2,14)8(21)6(4-20)23-11;1-4(2)9-6(8)5(3)7;1-3-9-5(7)8-4(2)6/h11-15,17,21,32H,8-10H2,1-7H3,(H,30,35)(H2,26,28,29);5-6,8,11,20-21H,3-4H2,1-2H3,(H2,15,17,18);4-5H,7H2,1-3H3;4H,3H2,1-2H3/t13-,14?,15+,17+,21+,24+,42?;6-,8-,11-,13-;5-;/m010./s1. The van der Waals surface area contributed by atoms with Crippen molar-refractivity contribution >= 4 is 99.6 Å². The first-order valence-corrected chi connectivity index (χ1v) is 30.3. The van der Waals surface area contributed by atoms with E-state index in [1.165, 1.54) is 42.6 Å². The molecular formula is C48H78ClF2N12O18PS2. The maximum Gasteiger partial charge on any atom is 0.409 e. The van der Waals surface area contributed by atoms with Gasteiger partial charge in [-0.1, -0.05) is 25.4 Å². The zero-order valence-corrected chi connectivity index (χ0v) is 52.3. The minimum absolute atomic E-state index is 0.0551. The molecular weight excluding hydrogens is 1200 g/mol. The van der Waals surface area contributed by atoms with Gasteiger partial charge in [0.1, 0.15) is 36.5 Å². The Morgan fingerprint density at radius 1 is 0.738 bits per heavy atom. The number of rotatable bonds is 22. The summed E-state index contributed by atoms with van der Waals surface area (Å²) in [6.45, 7) is 21.6. The lowest BCUT2D eigenvalue weighted by atomic mass is 9.98. The third-order valence-corrected chi connectivity index (χ3v) is 14.1. The molecule has 4 aromatic heterocycles. The molecule has 476 valence electrons. The van der Waals surface area contributed by atoms with E-state index in [9.17, 15) is 43.5 Å². The number of esters is 2. The second-order valence-electron chi connectivity index (χ2n) is 18.9. The summed E-state index contributed by atoms with van der Waals surface area (Å²) in [5.41, 5.74) is 12.4. The third-order valence-electron chi connectivity index (χ3n) is 11.0. The summed E-state index contributed by atoms with van der Waals surface area (Å²) in [7, 11) is -4.49. The van der Waals surface area contributed by atoms with Gasteiger partial charge < -0.3 is 70.4 Å². The van der Waals surface area contributed by atoms with Crippen LogP contribution in [0.4, 0.5) is 30.3 Å². The zero-order chi connectivity index (χ0) is 63.6. The number of halogens is 3. The van der Waals surface area contributed by atoms with E-state index in [4.69, 9.17) is 71.0 Å². The fourth-order valence-electron chi connectivity index (χ4n) is 7.37. The highest BCUT2D eigenvalue weighted by atomic mass is 35.5. The van der Waals surface area contributed by atoms with Crippen molar-refractivity contribution in [3.63, 3.8) is 0 Å². The average Bonchev–Trinajstić information content (AvgIpc) is 2.10. The highest BCUT2D eigenvalue weighted by Crippen LogP contribution is 2.49. The molecule has 0 saturated carbocycles. The van der Waals surface area contributed by atoms with Crippen LogP contribution in [0.2, 0.25) is 0 Å². The van der Waals surface area contributed by atoms with Gasteiger partial charge in [0.2, 0.25) is 29.9 Å². The Kier molecular flexibility index (Phi) is 28.9. The zero-order valence-electron chi connectivity index (χ0n) is 49.0. The van der Waals surface area contributed by atoms with Crippen LogP contribution in [-0.2, 0) is 51.6 Å². The molecule has 6 rings (SSSR count). The Labute approximate surface area is 497 Å². The van der Waals surface area contributed by atoms with Crippen LogP contribution in [0.5, 0.6) is 11.8 Å². The molecule has 2 aliphatic heterocycles. The summed E-state index contributed by atoms with van der Waals surface area (Å²) in [6.07, 6.45) is -7.78. The van der Waals surface area contributed by atoms with Crippen LogP contribution >= 0.6 is 42.9 Å². The Hall–Kier alpha value is -5.10. The molecule has 0 radical (unpaired) electrons. The molecule has 84 heavy (non-hydrogen) atoms. The van der Waals surface area contributed by atoms with E-state index in [0.29, 0.717) is 17.9 Å². The van der Waals surface area contributed by atoms with E-state index in [1.807, 2.05) is 6.92 Å². The van der Waals surface area contributed by atoms with E-state index >= 15 is 4.39 Å². The van der Waals surface area contributed by atoms with Gasteiger partial charge in [-0.05, 0) is 107 Å². The van der Waals surface area contributed by atoms with Crippen LogP contribution in [0.25, 0.3) is 22.3 Å². The third kappa shape index (κ3) is 20.5. The Bertz CT molecular complexity index is 2830. The summed E-state index contributed by atoms with van der Waals surface area (Å²) >= 11 is 7.32. The van der Waals surface area contributed by atoms with E-state index in [1.54, 1.807) is 62.3 Å². The Balaban J connectivity index is 0.000000370. The van der Waals surface area contributed by atoms with Crippen LogP contribution in [-0.4, -0.2) is 187 Å². The van der Waals surface area contributed by atoms with Gasteiger partial charge in [0.05, 0.1) is 51.3 Å². The number of hydrogen-bond donors (Lipinski definition) is 7. The first-order chi connectivity index (χ1) is 39.2. The lowest BCUT2D eigenvalue weighted by Crippen LogP contribution is -2.41. The Morgan fingerprint density at radius 2 is 1.17 bits per heavy atom. The molecule has 13 atom stereocenters. The van der Waals surface area contributed by atoms with E-state index < -0.39 is 110 Å². The second-order valence-corrected chi connectivity index (χ2v) is 23.7. The Morgan fingerprint density at radius 3 is 1.55 bits per heavy atom. The summed E-state index contributed by atoms with van der Waals surface area (Å²) in [5, 5.41) is 31.5. The van der Waals surface area contributed by atoms with Gasteiger partial charge in [-0.2, -0.15) is 19.9 Å². The molecule has 3 unspecified atom stereocenters. The van der Waals surface area contributed by atoms with E-state index in [-0.39, 0.29) is 64.4 Å². The van der Waals surface area contributed by atoms with E-state index in [2.05, 4.69) is 39.7 Å². The highest BCUT2D eigenvalue weighted by molar-refractivity contribution is 8.13. The number of carbonyl (C=O) groups excluding carboxylic acids is 4. The number of imidazole rings is 2. The predicted molar refractivity (Wildman–Crippen MR) is 305 cm³/mol. The lowest BCUT2D eigenvalue weighted by molar-refractivity contribution is -0.149. The highest BCUT2D eigenvalue weighted by Gasteiger charge is 2.57. The summed E-state index contributed by atoms with van der Waals surface area (Å²) in [5.74, 6) is 0.109. The SMILES string of the molecule is CC(C)OC(=O)[C@H](C)N.CCOc1nc(N)nc2c1ncn2[C@@H]1O[C@H](CO)[C@@H](O)[C@@]1(C)F.CCOc1nc(N)nc2c1ncn2[C@@H]1O[C@H](COP(=O)(N[C@@H](C)C(=O)OC(C)C)OC(C)OC(=O)SCC)[C@@H](O)[C@@]1(C)F.CCSC(=O)OC(C)Cl. The van der Waals surface area contributed by atoms with Crippen molar-refractivity contribution in [2.45, 2.75) is 181 Å². The number of nitrogens with one attached hydrogen (secondary N) is 1. The maximum atomic E-state index is 16.0. The second kappa shape index (κ2) is 33.1. The molecule has 0 aliphatic carbocycles. The van der Waals surface area contributed by atoms with Crippen molar-refractivity contribution in [2.24, 2.45) is 5.73 Å². The number of fused-ring (bicyclic) bond motifs is 2. The number of thioether (sulfide) groups is 2.